The van der Waals surface area contributed by atoms with E-state index in [1.807, 2.05) is 31.2 Å². The SMILES string of the molecule is CCc1ccc(/C=N/NC(=O)COc2ccc(Cl)cc2C)cc1. The van der Waals surface area contributed by atoms with Crippen LogP contribution in [0.3, 0.4) is 0 Å². The van der Waals surface area contributed by atoms with E-state index in [9.17, 15) is 4.79 Å². The van der Waals surface area contributed by atoms with E-state index in [1.165, 1.54) is 5.56 Å². The van der Waals surface area contributed by atoms with Crippen LogP contribution in [-0.2, 0) is 11.2 Å². The highest BCUT2D eigenvalue weighted by atomic mass is 35.5. The maximum atomic E-state index is 11.7. The Morgan fingerprint density at radius 1 is 1.26 bits per heavy atom. The topological polar surface area (TPSA) is 50.7 Å². The number of hydrazone groups is 1. The fraction of sp³-hybridized carbons (Fsp3) is 0.222. The fourth-order valence-corrected chi connectivity index (χ4v) is 2.20. The van der Waals surface area contributed by atoms with Gasteiger partial charge in [-0.3, -0.25) is 4.79 Å². The summed E-state index contributed by atoms with van der Waals surface area (Å²) in [6, 6.07) is 13.2. The molecule has 0 atom stereocenters. The maximum Gasteiger partial charge on any atom is 0.277 e. The molecule has 0 aromatic heterocycles. The number of rotatable bonds is 6. The van der Waals surface area contributed by atoms with E-state index < -0.39 is 0 Å². The Labute approximate surface area is 141 Å². The zero-order valence-corrected chi connectivity index (χ0v) is 13.9. The van der Waals surface area contributed by atoms with Gasteiger partial charge in [0, 0.05) is 5.02 Å². The van der Waals surface area contributed by atoms with E-state index in [0.717, 1.165) is 17.5 Å². The normalized spacial score (nSPS) is 10.7. The van der Waals surface area contributed by atoms with Crippen molar-refractivity contribution in [1.29, 1.82) is 0 Å². The molecule has 0 saturated heterocycles. The number of hydrogen-bond donors (Lipinski definition) is 1. The molecular formula is C18H19ClN2O2. The van der Waals surface area contributed by atoms with Crippen molar-refractivity contribution in [3.63, 3.8) is 0 Å². The number of nitrogens with one attached hydrogen (secondary N) is 1. The van der Waals surface area contributed by atoms with E-state index in [0.29, 0.717) is 10.8 Å². The third kappa shape index (κ3) is 5.42. The minimum absolute atomic E-state index is 0.103. The predicted molar refractivity (Wildman–Crippen MR) is 93.2 cm³/mol. The monoisotopic (exact) mass is 330 g/mol. The maximum absolute atomic E-state index is 11.7. The van der Waals surface area contributed by atoms with Crippen LogP contribution < -0.4 is 10.2 Å². The summed E-state index contributed by atoms with van der Waals surface area (Å²) in [4.78, 5) is 11.7. The fourth-order valence-electron chi connectivity index (χ4n) is 1.97. The molecule has 0 bridgehead atoms. The number of carbonyl (C=O) groups is 1. The summed E-state index contributed by atoms with van der Waals surface area (Å²) in [5.41, 5.74) is 5.51. The molecule has 0 radical (unpaired) electrons. The number of hydrogen-bond acceptors (Lipinski definition) is 3. The Bertz CT molecular complexity index is 697. The minimum atomic E-state index is -0.319. The Morgan fingerprint density at radius 2 is 2.00 bits per heavy atom. The summed E-state index contributed by atoms with van der Waals surface area (Å²) in [6.07, 6.45) is 2.60. The number of aryl methyl sites for hydroxylation is 2. The van der Waals surface area contributed by atoms with Crippen molar-refractivity contribution in [3.05, 3.63) is 64.2 Å². The van der Waals surface area contributed by atoms with Gasteiger partial charge in [-0.25, -0.2) is 5.43 Å². The lowest BCUT2D eigenvalue weighted by atomic mass is 10.1. The van der Waals surface area contributed by atoms with E-state index in [2.05, 4.69) is 17.5 Å². The first-order valence-electron chi connectivity index (χ1n) is 7.38. The van der Waals surface area contributed by atoms with Crippen LogP contribution in [0.1, 0.15) is 23.6 Å². The van der Waals surface area contributed by atoms with Crippen LogP contribution in [0.15, 0.2) is 47.6 Å². The van der Waals surface area contributed by atoms with Crippen molar-refractivity contribution < 1.29 is 9.53 Å². The highest BCUT2D eigenvalue weighted by Gasteiger charge is 2.04. The van der Waals surface area contributed by atoms with Crippen LogP contribution in [0.2, 0.25) is 5.02 Å². The van der Waals surface area contributed by atoms with Gasteiger partial charge in [-0.1, -0.05) is 42.8 Å². The average molecular weight is 331 g/mol. The van der Waals surface area contributed by atoms with Crippen molar-refractivity contribution in [2.75, 3.05) is 6.61 Å². The lowest BCUT2D eigenvalue weighted by molar-refractivity contribution is -0.123. The van der Waals surface area contributed by atoms with E-state index in [4.69, 9.17) is 16.3 Å². The average Bonchev–Trinajstić information content (AvgIpc) is 2.54. The second kappa shape index (κ2) is 8.34. The molecule has 0 unspecified atom stereocenters. The van der Waals surface area contributed by atoms with Gasteiger partial charge < -0.3 is 4.74 Å². The molecule has 0 spiro atoms. The summed E-state index contributed by atoms with van der Waals surface area (Å²) in [6.45, 7) is 3.87. The molecule has 4 nitrogen and oxygen atoms in total. The smallest absolute Gasteiger partial charge is 0.277 e. The van der Waals surface area contributed by atoms with Gasteiger partial charge in [-0.15, -0.1) is 0 Å². The lowest BCUT2D eigenvalue weighted by Gasteiger charge is -2.08. The van der Waals surface area contributed by atoms with Gasteiger partial charge in [0.15, 0.2) is 6.61 Å². The Balaban J connectivity index is 1.81. The molecule has 2 rings (SSSR count). The third-order valence-electron chi connectivity index (χ3n) is 3.29. The predicted octanol–water partition coefficient (Wildman–Crippen LogP) is 3.74. The summed E-state index contributed by atoms with van der Waals surface area (Å²) in [5.74, 6) is 0.310. The zero-order chi connectivity index (χ0) is 16.7. The molecule has 0 aliphatic carbocycles. The first kappa shape index (κ1) is 17.0. The van der Waals surface area contributed by atoms with Crippen LogP contribution >= 0.6 is 11.6 Å². The molecule has 5 heteroatoms. The number of halogens is 1. The lowest BCUT2D eigenvalue weighted by Crippen LogP contribution is -2.24. The van der Waals surface area contributed by atoms with Crippen LogP contribution in [0.4, 0.5) is 0 Å². The molecule has 2 aromatic carbocycles. The summed E-state index contributed by atoms with van der Waals surface area (Å²) in [7, 11) is 0. The summed E-state index contributed by atoms with van der Waals surface area (Å²) in [5, 5.41) is 4.56. The van der Waals surface area contributed by atoms with Crippen LogP contribution in [0, 0.1) is 6.92 Å². The molecule has 0 aliphatic rings. The molecule has 120 valence electrons. The first-order chi connectivity index (χ1) is 11.1. The highest BCUT2D eigenvalue weighted by molar-refractivity contribution is 6.30. The van der Waals surface area contributed by atoms with Gasteiger partial charge in [0.1, 0.15) is 5.75 Å². The molecule has 1 amide bonds. The molecule has 23 heavy (non-hydrogen) atoms. The largest absolute Gasteiger partial charge is 0.483 e. The van der Waals surface area contributed by atoms with Crippen molar-refractivity contribution in [2.24, 2.45) is 5.10 Å². The number of nitrogens with zero attached hydrogens (tertiary/aromatic N) is 1. The van der Waals surface area contributed by atoms with E-state index in [-0.39, 0.29) is 12.5 Å². The molecular weight excluding hydrogens is 312 g/mol. The van der Waals surface area contributed by atoms with Crippen molar-refractivity contribution in [3.8, 4) is 5.75 Å². The van der Waals surface area contributed by atoms with Gasteiger partial charge >= 0.3 is 0 Å². The van der Waals surface area contributed by atoms with Gasteiger partial charge in [-0.05, 0) is 48.2 Å². The summed E-state index contributed by atoms with van der Waals surface area (Å²) < 4.78 is 5.44. The van der Waals surface area contributed by atoms with Gasteiger partial charge in [-0.2, -0.15) is 5.10 Å². The molecule has 0 saturated carbocycles. The zero-order valence-electron chi connectivity index (χ0n) is 13.2. The second-order valence-corrected chi connectivity index (χ2v) is 5.52. The number of amides is 1. The number of benzene rings is 2. The quantitative estimate of drug-likeness (QED) is 0.648. The van der Waals surface area contributed by atoms with Gasteiger partial charge in [0.2, 0.25) is 0 Å². The van der Waals surface area contributed by atoms with Crippen molar-refractivity contribution in [1.82, 2.24) is 5.43 Å². The Morgan fingerprint density at radius 3 is 2.65 bits per heavy atom. The van der Waals surface area contributed by atoms with Crippen molar-refractivity contribution in [2.45, 2.75) is 20.3 Å². The first-order valence-corrected chi connectivity index (χ1v) is 7.76. The Kier molecular flexibility index (Phi) is 6.18. The van der Waals surface area contributed by atoms with Gasteiger partial charge in [0.05, 0.1) is 6.21 Å². The summed E-state index contributed by atoms with van der Waals surface area (Å²) >= 11 is 5.87. The molecule has 0 fully saturated rings. The minimum Gasteiger partial charge on any atom is -0.483 e. The molecule has 1 N–H and O–H groups in total. The van der Waals surface area contributed by atoms with Gasteiger partial charge in [0.25, 0.3) is 5.91 Å². The van der Waals surface area contributed by atoms with Crippen molar-refractivity contribution >= 4 is 23.7 Å². The molecule has 0 heterocycles. The Hall–Kier alpha value is -2.33. The number of carbonyl (C=O) groups excluding carboxylic acids is 1. The van der Waals surface area contributed by atoms with Crippen LogP contribution in [-0.4, -0.2) is 18.7 Å². The van der Waals surface area contributed by atoms with Crippen LogP contribution in [0.5, 0.6) is 5.75 Å². The second-order valence-electron chi connectivity index (χ2n) is 5.09. The van der Waals surface area contributed by atoms with Crippen LogP contribution in [0.25, 0.3) is 0 Å². The van der Waals surface area contributed by atoms with E-state index >= 15 is 0 Å². The van der Waals surface area contributed by atoms with E-state index in [1.54, 1.807) is 24.4 Å². The highest BCUT2D eigenvalue weighted by Crippen LogP contribution is 2.21. The molecule has 0 aliphatic heterocycles. The molecule has 2 aromatic rings. The third-order valence-corrected chi connectivity index (χ3v) is 3.52. The standard InChI is InChI=1S/C18H19ClN2O2/c1-3-14-4-6-15(7-5-14)11-20-21-18(22)12-23-17-9-8-16(19)10-13(17)2/h4-11H,3,12H2,1-2H3,(H,21,22)/b20-11+. The number of ether oxygens (including phenoxy) is 1.